The van der Waals surface area contributed by atoms with Crippen LogP contribution in [0.15, 0.2) is 33.1 Å². The third-order valence-corrected chi connectivity index (χ3v) is 7.88. The molecule has 30 heavy (non-hydrogen) atoms. The summed E-state index contributed by atoms with van der Waals surface area (Å²) in [5, 5.41) is 8.16. The van der Waals surface area contributed by atoms with Gasteiger partial charge in [-0.15, -0.1) is 11.3 Å². The molecule has 8 nitrogen and oxygen atoms in total. The minimum atomic E-state index is -4.53. The van der Waals surface area contributed by atoms with Gasteiger partial charge in [0.2, 0.25) is 5.13 Å². The van der Waals surface area contributed by atoms with Crippen LogP contribution in [0.25, 0.3) is 0 Å². The van der Waals surface area contributed by atoms with E-state index in [4.69, 9.17) is 0 Å². The van der Waals surface area contributed by atoms with Gasteiger partial charge in [0.25, 0.3) is 0 Å². The fraction of sp³-hybridized carbons (Fsp3) is 0.444. The Morgan fingerprint density at radius 3 is 2.73 bits per heavy atom. The molecule has 0 aliphatic heterocycles. The molecule has 2 aromatic rings. The van der Waals surface area contributed by atoms with E-state index in [2.05, 4.69) is 36.4 Å². The van der Waals surface area contributed by atoms with Gasteiger partial charge in [0.1, 0.15) is 10.7 Å². The third-order valence-electron chi connectivity index (χ3n) is 4.81. The number of nitrogens with one attached hydrogen (secondary N) is 2. The summed E-state index contributed by atoms with van der Waals surface area (Å²) < 4.78 is 41.5. The Kier molecular flexibility index (Phi) is 7.66. The van der Waals surface area contributed by atoms with Crippen LogP contribution in [-0.2, 0) is 19.7 Å². The van der Waals surface area contributed by atoms with Gasteiger partial charge in [0, 0.05) is 28.1 Å². The van der Waals surface area contributed by atoms with E-state index in [1.807, 2.05) is 6.92 Å². The summed E-state index contributed by atoms with van der Waals surface area (Å²) in [5.74, 6) is -0.965. The summed E-state index contributed by atoms with van der Waals surface area (Å²) in [6.07, 6.45) is 5.49. The Bertz CT molecular complexity index is 973. The van der Waals surface area contributed by atoms with Crippen molar-refractivity contribution in [2.75, 3.05) is 16.3 Å². The highest BCUT2D eigenvalue weighted by molar-refractivity contribution is 9.10. The van der Waals surface area contributed by atoms with Crippen molar-refractivity contribution in [1.29, 1.82) is 0 Å². The molecule has 12 heteroatoms. The number of benzene rings is 1. The molecule has 2 N–H and O–H groups in total. The van der Waals surface area contributed by atoms with E-state index in [0.29, 0.717) is 14.6 Å². The molecule has 3 rings (SSSR count). The lowest BCUT2D eigenvalue weighted by Gasteiger charge is -2.33. The van der Waals surface area contributed by atoms with Gasteiger partial charge in [0.05, 0.1) is 5.69 Å². The number of carbonyl (C=O) groups is 1. The molecule has 0 amide bonds. The second kappa shape index (κ2) is 10.0. The van der Waals surface area contributed by atoms with Crippen molar-refractivity contribution in [2.45, 2.75) is 49.6 Å². The number of anilines is 2. The molecule has 1 saturated carbocycles. The highest BCUT2D eigenvalue weighted by atomic mass is 79.9. The summed E-state index contributed by atoms with van der Waals surface area (Å²) in [4.78, 5) is 18.6. The van der Waals surface area contributed by atoms with Crippen molar-refractivity contribution in [3.8, 4) is 0 Å². The van der Waals surface area contributed by atoms with Crippen LogP contribution in [0.1, 0.15) is 32.6 Å². The fourth-order valence-corrected chi connectivity index (χ4v) is 6.16. The van der Waals surface area contributed by atoms with E-state index in [1.165, 1.54) is 11.6 Å². The van der Waals surface area contributed by atoms with Crippen LogP contribution < -0.4 is 15.1 Å². The molecule has 0 saturated heterocycles. The normalized spacial score (nSPS) is 19.3. The van der Waals surface area contributed by atoms with E-state index in [0.717, 1.165) is 55.7 Å². The van der Waals surface area contributed by atoms with Crippen LogP contribution in [0.4, 0.5) is 15.2 Å². The number of halogens is 2. The molecule has 1 aromatic carbocycles. The molecule has 0 radical (unpaired) electrons. The van der Waals surface area contributed by atoms with Gasteiger partial charge in [0.15, 0.2) is 0 Å². The number of hydrogen-bond acceptors (Lipinski definition) is 8. The summed E-state index contributed by atoms with van der Waals surface area (Å²) in [6, 6.07) is 2.65. The van der Waals surface area contributed by atoms with E-state index >= 15 is 0 Å². The van der Waals surface area contributed by atoms with Gasteiger partial charge >= 0.3 is 16.5 Å². The molecule has 1 fully saturated rings. The Morgan fingerprint density at radius 1 is 1.37 bits per heavy atom. The summed E-state index contributed by atoms with van der Waals surface area (Å²) in [7, 11) is -4.53. The lowest BCUT2D eigenvalue weighted by molar-refractivity contribution is -0.128. The number of likely N-dealkylation sites (N-methyl/N-ethyl adjacent to an activating group) is 1. The number of thiazole rings is 1. The van der Waals surface area contributed by atoms with Crippen molar-refractivity contribution in [3.05, 3.63) is 34.0 Å². The van der Waals surface area contributed by atoms with E-state index < -0.39 is 20.7 Å². The quantitative estimate of drug-likeness (QED) is 0.384. The summed E-state index contributed by atoms with van der Waals surface area (Å²) in [5.41, 5.74) is 0.457. The Morgan fingerprint density at radius 2 is 2.10 bits per heavy atom. The van der Waals surface area contributed by atoms with Crippen LogP contribution in [0.2, 0.25) is 0 Å². The molecule has 164 valence electrons. The Balaban J connectivity index is 1.91. The molecule has 0 spiro atoms. The Hall–Kier alpha value is -1.76. The average molecular weight is 521 g/mol. The molecule has 0 unspecified atom stereocenters. The number of nitrogens with zero attached hydrogens (tertiary/aromatic N) is 2. The van der Waals surface area contributed by atoms with Crippen molar-refractivity contribution < 1.29 is 22.4 Å². The zero-order valence-corrected chi connectivity index (χ0v) is 19.4. The maximum atomic E-state index is 14.9. The summed E-state index contributed by atoms with van der Waals surface area (Å²) in [6.45, 7) is 2.82. The van der Waals surface area contributed by atoms with Crippen molar-refractivity contribution >= 4 is 54.6 Å². The zero-order valence-electron chi connectivity index (χ0n) is 16.2. The smallest absolute Gasteiger partial charge is 0.322 e. The second-order valence-corrected chi connectivity index (χ2v) is 10.2. The van der Waals surface area contributed by atoms with Gasteiger partial charge in [-0.1, -0.05) is 24.2 Å². The van der Waals surface area contributed by atoms with Crippen LogP contribution in [0, 0.1) is 5.82 Å². The number of aromatic nitrogens is 1. The molecule has 1 heterocycles. The monoisotopic (exact) mass is 520 g/mol. The summed E-state index contributed by atoms with van der Waals surface area (Å²) >= 11 is 4.27. The molecule has 1 aliphatic carbocycles. The lowest BCUT2D eigenvalue weighted by atomic mass is 9.90. The molecule has 1 aliphatic rings. The van der Waals surface area contributed by atoms with E-state index in [1.54, 1.807) is 0 Å². The number of hydrogen-bond donors (Lipinski definition) is 2. The maximum absolute atomic E-state index is 14.9. The molecular formula is C18H22BrFN4O4S2. The second-order valence-electron chi connectivity index (χ2n) is 6.71. The van der Waals surface area contributed by atoms with Gasteiger partial charge in [-0.3, -0.25) is 4.79 Å². The van der Waals surface area contributed by atoms with Crippen LogP contribution in [-0.4, -0.2) is 38.5 Å². The SMILES string of the molecule is CCN[C@H]1CCCC[C@@H]1Nc1cc(F)c(S(=O)(=O)N(OC=O)c2nccs2)cc1Br. The molecule has 1 aromatic heterocycles. The van der Waals surface area contributed by atoms with Crippen molar-refractivity contribution in [1.82, 2.24) is 10.3 Å². The number of rotatable bonds is 9. The molecule has 0 bridgehead atoms. The van der Waals surface area contributed by atoms with Crippen LogP contribution in [0.5, 0.6) is 0 Å². The topological polar surface area (TPSA) is 101 Å². The first-order valence-electron chi connectivity index (χ1n) is 9.42. The number of sulfonamides is 1. The van der Waals surface area contributed by atoms with Gasteiger partial charge < -0.3 is 15.5 Å². The van der Waals surface area contributed by atoms with E-state index in [9.17, 15) is 17.6 Å². The lowest BCUT2D eigenvalue weighted by Crippen LogP contribution is -2.46. The first-order valence-corrected chi connectivity index (χ1v) is 12.5. The predicted molar refractivity (Wildman–Crippen MR) is 116 cm³/mol. The molecular weight excluding hydrogens is 499 g/mol. The Labute approximate surface area is 187 Å². The fourth-order valence-electron chi connectivity index (χ4n) is 3.49. The number of carbonyl (C=O) groups excluding carboxylic acids is 1. The first-order chi connectivity index (χ1) is 14.4. The molecule has 2 atom stereocenters. The highest BCUT2D eigenvalue weighted by Gasteiger charge is 2.33. The van der Waals surface area contributed by atoms with E-state index in [-0.39, 0.29) is 23.7 Å². The predicted octanol–water partition coefficient (Wildman–Crippen LogP) is 3.66. The third kappa shape index (κ3) is 4.93. The average Bonchev–Trinajstić information content (AvgIpc) is 3.24. The van der Waals surface area contributed by atoms with Crippen LogP contribution >= 0.6 is 27.3 Å². The first kappa shape index (κ1) is 22.9. The standard InChI is InChI=1S/C18H22BrFN4O4S2/c1-2-21-14-5-3-4-6-15(14)23-16-10-13(20)17(9-12(16)19)30(26,27)24(28-11-25)18-22-7-8-29-18/h7-11,14-15,21,23H,2-6H2,1H3/t14-,15-/m0/s1. The maximum Gasteiger partial charge on any atom is 0.322 e. The van der Waals surface area contributed by atoms with Crippen molar-refractivity contribution in [2.24, 2.45) is 0 Å². The van der Waals surface area contributed by atoms with Crippen molar-refractivity contribution in [3.63, 3.8) is 0 Å². The minimum absolute atomic E-state index is 0.0498. The van der Waals surface area contributed by atoms with Gasteiger partial charge in [-0.05, 0) is 47.4 Å². The minimum Gasteiger partial charge on any atom is -0.380 e. The highest BCUT2D eigenvalue weighted by Crippen LogP contribution is 2.34. The van der Waals surface area contributed by atoms with Crippen LogP contribution in [0.3, 0.4) is 0 Å². The largest absolute Gasteiger partial charge is 0.380 e. The van der Waals surface area contributed by atoms with Gasteiger partial charge in [-0.25, -0.2) is 9.37 Å². The zero-order chi connectivity index (χ0) is 21.7. The van der Waals surface area contributed by atoms with Gasteiger partial charge in [-0.2, -0.15) is 8.42 Å².